The van der Waals surface area contributed by atoms with Crippen LogP contribution in [0.2, 0.25) is 0 Å². The van der Waals surface area contributed by atoms with Crippen LogP contribution in [-0.4, -0.2) is 11.6 Å². The second kappa shape index (κ2) is 3.07. The van der Waals surface area contributed by atoms with Crippen LogP contribution in [0.1, 0.15) is 23.6 Å². The van der Waals surface area contributed by atoms with E-state index < -0.39 is 0 Å². The number of fused-ring (bicyclic) bond motifs is 1. The molecule has 0 fully saturated rings. The summed E-state index contributed by atoms with van der Waals surface area (Å²) in [5, 5.41) is 0. The second-order valence-corrected chi connectivity index (χ2v) is 4.27. The van der Waals surface area contributed by atoms with Gasteiger partial charge in [-0.05, 0) is 43.4 Å². The van der Waals surface area contributed by atoms with E-state index in [2.05, 4.69) is 30.1 Å². The third-order valence-corrected chi connectivity index (χ3v) is 2.95. The van der Waals surface area contributed by atoms with Gasteiger partial charge in [-0.2, -0.15) is 4.99 Å². The van der Waals surface area contributed by atoms with Crippen molar-refractivity contribution in [3.63, 3.8) is 0 Å². The van der Waals surface area contributed by atoms with Crippen LogP contribution in [0.25, 0.3) is 0 Å². The predicted octanol–water partition coefficient (Wildman–Crippen LogP) is 2.19. The number of carbonyl (C=O) groups excluding carboxylic acids is 1. The van der Waals surface area contributed by atoms with Crippen molar-refractivity contribution in [1.82, 2.24) is 0 Å². The highest BCUT2D eigenvalue weighted by molar-refractivity contribution is 5.44. The van der Waals surface area contributed by atoms with Crippen LogP contribution in [0.5, 0.6) is 0 Å². The molecule has 1 aliphatic rings. The Morgan fingerprint density at radius 3 is 2.86 bits per heavy atom. The smallest absolute Gasteiger partial charge is 0.211 e. The topological polar surface area (TPSA) is 29.4 Å². The van der Waals surface area contributed by atoms with Gasteiger partial charge in [-0.25, -0.2) is 4.79 Å². The van der Waals surface area contributed by atoms with Crippen molar-refractivity contribution in [2.24, 2.45) is 4.99 Å². The predicted molar refractivity (Wildman–Crippen MR) is 55.1 cm³/mol. The molecule has 0 aliphatic heterocycles. The van der Waals surface area contributed by atoms with E-state index in [-0.39, 0.29) is 5.54 Å². The van der Waals surface area contributed by atoms with Crippen LogP contribution in [0, 0.1) is 6.92 Å². The van der Waals surface area contributed by atoms with Crippen molar-refractivity contribution < 1.29 is 4.79 Å². The Morgan fingerprint density at radius 1 is 1.43 bits per heavy atom. The standard InChI is InChI=1S/C12H13NO/c1-9-4-3-5-10-6-12(2,13-8-14)7-11(9)10/h3-5H,6-7H2,1-2H3. The van der Waals surface area contributed by atoms with Gasteiger partial charge in [0, 0.05) is 0 Å². The van der Waals surface area contributed by atoms with Gasteiger partial charge in [-0.3, -0.25) is 0 Å². The largest absolute Gasteiger partial charge is 0.235 e. The van der Waals surface area contributed by atoms with Gasteiger partial charge in [-0.15, -0.1) is 0 Å². The molecule has 0 saturated heterocycles. The summed E-state index contributed by atoms with van der Waals surface area (Å²) in [5.74, 6) is 0. The van der Waals surface area contributed by atoms with E-state index in [1.54, 1.807) is 6.08 Å². The first-order chi connectivity index (χ1) is 6.64. The van der Waals surface area contributed by atoms with E-state index in [0.717, 1.165) is 12.8 Å². The Bertz CT molecular complexity index is 418. The van der Waals surface area contributed by atoms with Crippen molar-refractivity contribution >= 4 is 6.08 Å². The average Bonchev–Trinajstić information content (AvgIpc) is 2.44. The minimum absolute atomic E-state index is 0.254. The van der Waals surface area contributed by atoms with Crippen LogP contribution in [-0.2, 0) is 17.6 Å². The first-order valence-corrected chi connectivity index (χ1v) is 4.81. The molecule has 0 N–H and O–H groups in total. The van der Waals surface area contributed by atoms with Crippen molar-refractivity contribution in [3.05, 3.63) is 34.9 Å². The van der Waals surface area contributed by atoms with Gasteiger partial charge in [0.2, 0.25) is 6.08 Å². The van der Waals surface area contributed by atoms with Gasteiger partial charge >= 0.3 is 0 Å². The zero-order valence-electron chi connectivity index (χ0n) is 8.50. The highest BCUT2D eigenvalue weighted by Gasteiger charge is 2.33. The summed E-state index contributed by atoms with van der Waals surface area (Å²) in [4.78, 5) is 14.2. The molecule has 1 aliphatic carbocycles. The molecule has 0 radical (unpaired) electrons. The molecule has 2 nitrogen and oxygen atoms in total. The second-order valence-electron chi connectivity index (χ2n) is 4.27. The number of isocyanates is 1. The quantitative estimate of drug-likeness (QED) is 0.489. The molecule has 0 aromatic heterocycles. The zero-order valence-corrected chi connectivity index (χ0v) is 8.50. The summed E-state index contributed by atoms with van der Waals surface area (Å²) < 4.78 is 0. The Hall–Kier alpha value is -1.40. The van der Waals surface area contributed by atoms with Crippen LogP contribution in [0.15, 0.2) is 23.2 Å². The molecule has 0 spiro atoms. The Morgan fingerprint density at radius 2 is 2.21 bits per heavy atom. The van der Waals surface area contributed by atoms with Crippen LogP contribution >= 0.6 is 0 Å². The fourth-order valence-corrected chi connectivity index (χ4v) is 2.22. The molecular formula is C12H13NO. The SMILES string of the molecule is Cc1cccc2c1CC(C)(N=C=O)C2. The molecule has 1 unspecified atom stereocenters. The zero-order chi connectivity index (χ0) is 10.2. The molecule has 2 rings (SSSR count). The maximum atomic E-state index is 10.3. The normalized spacial score (nSPS) is 24.1. The van der Waals surface area contributed by atoms with Crippen molar-refractivity contribution in [3.8, 4) is 0 Å². The van der Waals surface area contributed by atoms with Gasteiger partial charge in [0.25, 0.3) is 0 Å². The molecule has 0 heterocycles. The Kier molecular flexibility index (Phi) is 2.01. The first-order valence-electron chi connectivity index (χ1n) is 4.81. The Labute approximate surface area is 83.7 Å². The molecule has 1 aromatic carbocycles. The molecule has 0 bridgehead atoms. The number of nitrogens with zero attached hydrogens (tertiary/aromatic N) is 1. The third-order valence-electron chi connectivity index (χ3n) is 2.95. The molecule has 2 heteroatoms. The number of benzene rings is 1. The van der Waals surface area contributed by atoms with Gasteiger partial charge in [0.1, 0.15) is 0 Å². The highest BCUT2D eigenvalue weighted by Crippen LogP contribution is 2.34. The summed E-state index contributed by atoms with van der Waals surface area (Å²) in [6.45, 7) is 4.12. The molecule has 0 saturated carbocycles. The molecule has 0 amide bonds. The van der Waals surface area contributed by atoms with E-state index in [1.165, 1.54) is 16.7 Å². The maximum Gasteiger partial charge on any atom is 0.235 e. The fourth-order valence-electron chi connectivity index (χ4n) is 2.22. The summed E-state index contributed by atoms with van der Waals surface area (Å²) in [5.41, 5.74) is 3.73. The lowest BCUT2D eigenvalue weighted by atomic mass is 9.99. The van der Waals surface area contributed by atoms with Crippen molar-refractivity contribution in [2.45, 2.75) is 32.2 Å². The number of aliphatic imine (C=N–C) groups is 1. The summed E-state index contributed by atoms with van der Waals surface area (Å²) >= 11 is 0. The summed E-state index contributed by atoms with van der Waals surface area (Å²) in [7, 11) is 0. The first kappa shape index (κ1) is 9.17. The van der Waals surface area contributed by atoms with E-state index in [9.17, 15) is 4.79 Å². The van der Waals surface area contributed by atoms with E-state index in [0.29, 0.717) is 0 Å². The molecule has 1 aromatic rings. The molecule has 72 valence electrons. The summed E-state index contributed by atoms with van der Waals surface area (Å²) in [6, 6.07) is 6.29. The monoisotopic (exact) mass is 187 g/mol. The lowest BCUT2D eigenvalue weighted by Crippen LogP contribution is -2.21. The average molecular weight is 187 g/mol. The van der Waals surface area contributed by atoms with Gasteiger partial charge in [0.15, 0.2) is 0 Å². The van der Waals surface area contributed by atoms with Gasteiger partial charge in [0.05, 0.1) is 5.54 Å². The van der Waals surface area contributed by atoms with Gasteiger partial charge < -0.3 is 0 Å². The maximum absolute atomic E-state index is 10.3. The minimum Gasteiger partial charge on any atom is -0.211 e. The number of hydrogen-bond donors (Lipinski definition) is 0. The van der Waals surface area contributed by atoms with Gasteiger partial charge in [-0.1, -0.05) is 18.2 Å². The number of hydrogen-bond acceptors (Lipinski definition) is 2. The molecule has 14 heavy (non-hydrogen) atoms. The molecule has 1 atom stereocenters. The van der Waals surface area contributed by atoms with Crippen molar-refractivity contribution in [2.75, 3.05) is 0 Å². The van der Waals surface area contributed by atoms with Crippen molar-refractivity contribution in [1.29, 1.82) is 0 Å². The third kappa shape index (κ3) is 1.38. The van der Waals surface area contributed by atoms with Crippen LogP contribution < -0.4 is 0 Å². The van der Waals surface area contributed by atoms with Crippen LogP contribution in [0.4, 0.5) is 0 Å². The summed E-state index contributed by atoms with van der Waals surface area (Å²) in [6.07, 6.45) is 3.41. The number of rotatable bonds is 1. The van der Waals surface area contributed by atoms with E-state index in [1.807, 2.05) is 6.92 Å². The molecular weight excluding hydrogens is 174 g/mol. The Balaban J connectivity index is 2.43. The number of aryl methyl sites for hydroxylation is 1. The van der Waals surface area contributed by atoms with Crippen LogP contribution in [0.3, 0.4) is 0 Å². The minimum atomic E-state index is -0.254. The van der Waals surface area contributed by atoms with E-state index >= 15 is 0 Å². The lowest BCUT2D eigenvalue weighted by Gasteiger charge is -2.14. The van der Waals surface area contributed by atoms with E-state index in [4.69, 9.17) is 0 Å². The highest BCUT2D eigenvalue weighted by atomic mass is 16.1. The fraction of sp³-hybridized carbons (Fsp3) is 0.417. The lowest BCUT2D eigenvalue weighted by molar-refractivity contribution is 0.487.